The Hall–Kier alpha value is -1.20. The van der Waals surface area contributed by atoms with Crippen LogP contribution in [0.15, 0.2) is 18.2 Å². The Morgan fingerprint density at radius 3 is 2.94 bits per heavy atom. The SMILES string of the molecule is CC(Nc1ccc(C(N)=S)c(F)c1)C1CCOC1. The van der Waals surface area contributed by atoms with E-state index in [2.05, 4.69) is 12.2 Å². The van der Waals surface area contributed by atoms with Crippen molar-refractivity contribution in [1.82, 2.24) is 0 Å². The van der Waals surface area contributed by atoms with Crippen LogP contribution in [0.1, 0.15) is 18.9 Å². The Balaban J connectivity index is 2.05. The monoisotopic (exact) mass is 268 g/mol. The van der Waals surface area contributed by atoms with Gasteiger partial charge in [-0.05, 0) is 31.5 Å². The fourth-order valence-electron chi connectivity index (χ4n) is 2.13. The van der Waals surface area contributed by atoms with Crippen LogP contribution in [0.5, 0.6) is 0 Å². The van der Waals surface area contributed by atoms with Crippen LogP contribution in [0.3, 0.4) is 0 Å². The topological polar surface area (TPSA) is 47.3 Å². The van der Waals surface area contributed by atoms with Crippen LogP contribution in [0.4, 0.5) is 10.1 Å². The van der Waals surface area contributed by atoms with Crippen LogP contribution in [-0.4, -0.2) is 24.2 Å². The molecule has 1 aliphatic rings. The molecule has 1 aromatic carbocycles. The maximum atomic E-state index is 13.7. The fraction of sp³-hybridized carbons (Fsp3) is 0.462. The zero-order valence-electron chi connectivity index (χ0n) is 10.3. The van der Waals surface area contributed by atoms with E-state index in [1.54, 1.807) is 12.1 Å². The van der Waals surface area contributed by atoms with E-state index in [0.29, 0.717) is 5.92 Å². The van der Waals surface area contributed by atoms with Crippen LogP contribution in [0.25, 0.3) is 0 Å². The van der Waals surface area contributed by atoms with E-state index in [-0.39, 0.29) is 22.4 Å². The van der Waals surface area contributed by atoms with Gasteiger partial charge in [-0.2, -0.15) is 0 Å². The molecular formula is C13H17FN2OS. The van der Waals surface area contributed by atoms with Gasteiger partial charge in [0.25, 0.3) is 0 Å². The maximum Gasteiger partial charge on any atom is 0.135 e. The van der Waals surface area contributed by atoms with Gasteiger partial charge in [-0.15, -0.1) is 0 Å². The van der Waals surface area contributed by atoms with Crippen LogP contribution in [0.2, 0.25) is 0 Å². The molecule has 1 heterocycles. The van der Waals surface area contributed by atoms with Gasteiger partial charge >= 0.3 is 0 Å². The first-order chi connectivity index (χ1) is 8.58. The number of nitrogens with one attached hydrogen (secondary N) is 1. The van der Waals surface area contributed by atoms with Crippen molar-refractivity contribution >= 4 is 22.9 Å². The molecule has 1 fully saturated rings. The Kier molecular flexibility index (Phi) is 4.14. The molecule has 3 N–H and O–H groups in total. The Morgan fingerprint density at radius 1 is 1.61 bits per heavy atom. The van der Waals surface area contributed by atoms with Gasteiger partial charge in [0.1, 0.15) is 10.8 Å². The highest BCUT2D eigenvalue weighted by molar-refractivity contribution is 7.80. The number of anilines is 1. The highest BCUT2D eigenvalue weighted by Crippen LogP contribution is 2.21. The summed E-state index contributed by atoms with van der Waals surface area (Å²) in [5.41, 5.74) is 6.45. The first-order valence-electron chi connectivity index (χ1n) is 6.01. The van der Waals surface area contributed by atoms with Crippen molar-refractivity contribution in [3.8, 4) is 0 Å². The summed E-state index contributed by atoms with van der Waals surface area (Å²) in [6.07, 6.45) is 1.04. The lowest BCUT2D eigenvalue weighted by Crippen LogP contribution is -2.26. The molecule has 0 saturated carbocycles. The van der Waals surface area contributed by atoms with Gasteiger partial charge in [-0.1, -0.05) is 12.2 Å². The minimum Gasteiger partial charge on any atom is -0.389 e. The molecule has 18 heavy (non-hydrogen) atoms. The molecule has 2 rings (SSSR count). The fourth-order valence-corrected chi connectivity index (χ4v) is 2.30. The molecular weight excluding hydrogens is 251 g/mol. The molecule has 98 valence electrons. The molecule has 0 aliphatic carbocycles. The van der Waals surface area contributed by atoms with Crippen LogP contribution >= 0.6 is 12.2 Å². The first-order valence-corrected chi connectivity index (χ1v) is 6.42. The highest BCUT2D eigenvalue weighted by Gasteiger charge is 2.22. The van der Waals surface area contributed by atoms with E-state index < -0.39 is 0 Å². The summed E-state index contributed by atoms with van der Waals surface area (Å²) >= 11 is 4.77. The second-order valence-electron chi connectivity index (χ2n) is 4.62. The van der Waals surface area contributed by atoms with E-state index in [1.165, 1.54) is 6.07 Å². The van der Waals surface area contributed by atoms with E-state index in [0.717, 1.165) is 25.3 Å². The summed E-state index contributed by atoms with van der Waals surface area (Å²) in [5.74, 6) is 0.0886. The zero-order valence-corrected chi connectivity index (χ0v) is 11.1. The number of thiocarbonyl (C=S) groups is 1. The normalized spacial score (nSPS) is 20.7. The molecule has 1 saturated heterocycles. The van der Waals surface area contributed by atoms with Crippen molar-refractivity contribution in [2.75, 3.05) is 18.5 Å². The molecule has 2 atom stereocenters. The van der Waals surface area contributed by atoms with E-state index in [9.17, 15) is 4.39 Å². The molecule has 1 aliphatic heterocycles. The summed E-state index contributed by atoms with van der Waals surface area (Å²) < 4.78 is 19.0. The van der Waals surface area contributed by atoms with E-state index in [1.807, 2.05) is 0 Å². The lowest BCUT2D eigenvalue weighted by Gasteiger charge is -2.20. The minimum absolute atomic E-state index is 0.0799. The predicted octanol–water partition coefficient (Wildman–Crippen LogP) is 2.30. The second kappa shape index (κ2) is 5.63. The van der Waals surface area contributed by atoms with Crippen molar-refractivity contribution in [1.29, 1.82) is 0 Å². The molecule has 0 bridgehead atoms. The van der Waals surface area contributed by atoms with Gasteiger partial charge in [-0.25, -0.2) is 4.39 Å². The van der Waals surface area contributed by atoms with Crippen molar-refractivity contribution in [2.45, 2.75) is 19.4 Å². The van der Waals surface area contributed by atoms with Crippen LogP contribution in [-0.2, 0) is 4.74 Å². The molecule has 0 radical (unpaired) electrons. The number of halogens is 1. The van der Waals surface area contributed by atoms with Crippen molar-refractivity contribution < 1.29 is 9.13 Å². The third kappa shape index (κ3) is 2.97. The summed E-state index contributed by atoms with van der Waals surface area (Å²) in [5, 5.41) is 3.29. The Bertz CT molecular complexity index is 447. The van der Waals surface area contributed by atoms with Gasteiger partial charge in [0, 0.05) is 29.8 Å². The average Bonchev–Trinajstić information content (AvgIpc) is 2.81. The number of hydrogen-bond donors (Lipinski definition) is 2. The van der Waals surface area contributed by atoms with E-state index >= 15 is 0 Å². The summed E-state index contributed by atoms with van der Waals surface area (Å²) in [6.45, 7) is 3.66. The van der Waals surface area contributed by atoms with Gasteiger partial charge in [0.2, 0.25) is 0 Å². The molecule has 2 unspecified atom stereocenters. The lowest BCUT2D eigenvalue weighted by atomic mass is 10.0. The first kappa shape index (κ1) is 13.2. The number of ether oxygens (including phenoxy) is 1. The molecule has 0 spiro atoms. The smallest absolute Gasteiger partial charge is 0.135 e. The molecule has 5 heteroatoms. The molecule has 3 nitrogen and oxygen atoms in total. The number of benzene rings is 1. The van der Waals surface area contributed by atoms with Crippen LogP contribution < -0.4 is 11.1 Å². The molecule has 0 amide bonds. The number of nitrogens with two attached hydrogens (primary N) is 1. The summed E-state index contributed by atoms with van der Waals surface area (Å²) in [7, 11) is 0. The summed E-state index contributed by atoms with van der Waals surface area (Å²) in [4.78, 5) is 0.0799. The maximum absolute atomic E-state index is 13.7. The van der Waals surface area contributed by atoms with Gasteiger partial charge < -0.3 is 15.8 Å². The van der Waals surface area contributed by atoms with Crippen molar-refractivity contribution in [3.05, 3.63) is 29.6 Å². The Morgan fingerprint density at radius 2 is 2.39 bits per heavy atom. The zero-order chi connectivity index (χ0) is 13.1. The predicted molar refractivity (Wildman–Crippen MR) is 74.3 cm³/mol. The van der Waals surface area contributed by atoms with Gasteiger partial charge in [0.05, 0.1) is 6.61 Å². The Labute approximate surface area is 112 Å². The minimum atomic E-state index is -0.387. The van der Waals surface area contributed by atoms with Gasteiger partial charge in [-0.3, -0.25) is 0 Å². The summed E-state index contributed by atoms with van der Waals surface area (Å²) in [6, 6.07) is 5.09. The quantitative estimate of drug-likeness (QED) is 0.823. The number of rotatable bonds is 4. The average molecular weight is 268 g/mol. The largest absolute Gasteiger partial charge is 0.389 e. The highest BCUT2D eigenvalue weighted by atomic mass is 32.1. The van der Waals surface area contributed by atoms with Crippen molar-refractivity contribution in [2.24, 2.45) is 11.7 Å². The standard InChI is InChI=1S/C13H17FN2OS/c1-8(9-4-5-17-7-9)16-10-2-3-11(13(15)18)12(14)6-10/h2-3,6,8-9,16H,4-5,7H2,1H3,(H2,15,18). The third-order valence-corrected chi connectivity index (χ3v) is 3.52. The third-order valence-electron chi connectivity index (χ3n) is 3.30. The van der Waals surface area contributed by atoms with Crippen molar-refractivity contribution in [3.63, 3.8) is 0 Å². The lowest BCUT2D eigenvalue weighted by molar-refractivity contribution is 0.183. The van der Waals surface area contributed by atoms with Crippen LogP contribution in [0, 0.1) is 11.7 Å². The second-order valence-corrected chi connectivity index (χ2v) is 5.06. The molecule has 0 aromatic heterocycles. The van der Waals surface area contributed by atoms with Gasteiger partial charge in [0.15, 0.2) is 0 Å². The molecule has 1 aromatic rings. The number of hydrogen-bond acceptors (Lipinski definition) is 3. The van der Waals surface area contributed by atoms with E-state index in [4.69, 9.17) is 22.7 Å².